The fourth-order valence-electron chi connectivity index (χ4n) is 1.03. The number of nitrogens with zero attached hydrogens (tertiary/aromatic N) is 2. The molecule has 1 heterocycles. The Morgan fingerprint density at radius 3 is 2.73 bits per heavy atom. The molecule has 1 aromatic heterocycles. The van der Waals surface area contributed by atoms with Gasteiger partial charge < -0.3 is 21.5 Å². The van der Waals surface area contributed by atoms with Crippen LogP contribution in [0.1, 0.15) is 6.92 Å². The zero-order valence-electron chi connectivity index (χ0n) is 8.99. The summed E-state index contributed by atoms with van der Waals surface area (Å²) < 4.78 is 0. The van der Waals surface area contributed by atoms with Gasteiger partial charge in [-0.25, -0.2) is 0 Å². The maximum atomic E-state index is 8.86. The van der Waals surface area contributed by atoms with Gasteiger partial charge in [-0.15, -0.1) is 0 Å². The predicted molar refractivity (Wildman–Crippen MR) is 60.7 cm³/mol. The molecule has 1 atom stereocenters. The Morgan fingerprint density at radius 1 is 1.47 bits per heavy atom. The zero-order chi connectivity index (χ0) is 11.3. The van der Waals surface area contributed by atoms with Gasteiger partial charge in [-0.2, -0.15) is 9.97 Å². The minimum atomic E-state index is 0.145. The monoisotopic (exact) mass is 211 g/mol. The first kappa shape index (κ1) is 11.5. The molecule has 0 saturated heterocycles. The molecular formula is C9H17N5O. The molecule has 15 heavy (non-hydrogen) atoms. The van der Waals surface area contributed by atoms with E-state index in [9.17, 15) is 0 Å². The summed E-state index contributed by atoms with van der Waals surface area (Å²) in [7, 11) is 1.77. The van der Waals surface area contributed by atoms with Gasteiger partial charge >= 0.3 is 0 Å². The van der Waals surface area contributed by atoms with E-state index in [1.807, 2.05) is 6.92 Å². The van der Waals surface area contributed by atoms with E-state index in [-0.39, 0.29) is 18.5 Å². The molecule has 0 amide bonds. The number of hydrogen-bond donors (Lipinski definition) is 4. The second-order valence-corrected chi connectivity index (χ2v) is 3.42. The Balaban J connectivity index is 2.64. The van der Waals surface area contributed by atoms with E-state index in [1.54, 1.807) is 13.1 Å². The molecule has 0 saturated carbocycles. The van der Waals surface area contributed by atoms with E-state index in [1.165, 1.54) is 0 Å². The standard InChI is InChI=1S/C9H17N5O/c1-6(5-15)4-12-8-3-7(11-2)13-9(10)14-8/h3,6,15H,4-5H2,1-2H3,(H4,10,11,12,13,14). The minimum Gasteiger partial charge on any atom is -0.396 e. The topological polar surface area (TPSA) is 96.1 Å². The van der Waals surface area contributed by atoms with Gasteiger partial charge in [-0.05, 0) is 5.92 Å². The van der Waals surface area contributed by atoms with E-state index >= 15 is 0 Å². The molecule has 0 aliphatic rings. The molecule has 1 aromatic rings. The molecule has 0 aliphatic carbocycles. The molecule has 84 valence electrons. The summed E-state index contributed by atoms with van der Waals surface area (Å²) in [6.07, 6.45) is 0. The Bertz CT molecular complexity index is 317. The van der Waals surface area contributed by atoms with E-state index in [2.05, 4.69) is 20.6 Å². The summed E-state index contributed by atoms with van der Waals surface area (Å²) in [6, 6.07) is 1.76. The molecule has 6 nitrogen and oxygen atoms in total. The van der Waals surface area contributed by atoms with Crippen LogP contribution in [-0.2, 0) is 0 Å². The first-order valence-corrected chi connectivity index (χ1v) is 4.82. The molecule has 0 spiro atoms. The van der Waals surface area contributed by atoms with E-state index < -0.39 is 0 Å². The molecule has 0 fully saturated rings. The number of nitrogens with two attached hydrogens (primary N) is 1. The van der Waals surface area contributed by atoms with E-state index in [4.69, 9.17) is 10.8 Å². The first-order chi connectivity index (χ1) is 7.15. The van der Waals surface area contributed by atoms with Gasteiger partial charge in [0.15, 0.2) is 0 Å². The van der Waals surface area contributed by atoms with Crippen LogP contribution in [0.25, 0.3) is 0 Å². The number of nitrogen functional groups attached to an aromatic ring is 1. The van der Waals surface area contributed by atoms with Gasteiger partial charge in [0.25, 0.3) is 0 Å². The smallest absolute Gasteiger partial charge is 0.223 e. The van der Waals surface area contributed by atoms with Gasteiger partial charge in [-0.3, -0.25) is 0 Å². The third kappa shape index (κ3) is 3.59. The predicted octanol–water partition coefficient (Wildman–Crippen LogP) is 0.141. The van der Waals surface area contributed by atoms with Gasteiger partial charge in [-0.1, -0.05) is 6.92 Å². The molecule has 1 rings (SSSR count). The van der Waals surface area contributed by atoms with Crippen molar-refractivity contribution >= 4 is 17.6 Å². The largest absolute Gasteiger partial charge is 0.396 e. The highest BCUT2D eigenvalue weighted by atomic mass is 16.3. The molecule has 0 bridgehead atoms. The van der Waals surface area contributed by atoms with E-state index in [0.29, 0.717) is 18.2 Å². The molecule has 0 radical (unpaired) electrons. The number of hydrogen-bond acceptors (Lipinski definition) is 6. The third-order valence-corrected chi connectivity index (χ3v) is 1.94. The van der Waals surface area contributed by atoms with Crippen LogP contribution < -0.4 is 16.4 Å². The summed E-state index contributed by atoms with van der Waals surface area (Å²) in [4.78, 5) is 7.99. The number of aliphatic hydroxyl groups is 1. The fraction of sp³-hybridized carbons (Fsp3) is 0.556. The second kappa shape index (κ2) is 5.35. The van der Waals surface area contributed by atoms with Gasteiger partial charge in [0.2, 0.25) is 5.95 Å². The van der Waals surface area contributed by atoms with Gasteiger partial charge in [0.1, 0.15) is 11.6 Å². The van der Waals surface area contributed by atoms with Crippen molar-refractivity contribution in [2.75, 3.05) is 36.6 Å². The highest BCUT2D eigenvalue weighted by Gasteiger charge is 2.03. The van der Waals surface area contributed by atoms with Crippen LogP contribution in [-0.4, -0.2) is 35.3 Å². The summed E-state index contributed by atoms with van der Waals surface area (Å²) in [6.45, 7) is 2.74. The van der Waals surface area contributed by atoms with Crippen LogP contribution in [0.5, 0.6) is 0 Å². The Labute approximate surface area is 88.9 Å². The average Bonchev–Trinajstić information content (AvgIpc) is 2.25. The molecular weight excluding hydrogens is 194 g/mol. The Morgan fingerprint density at radius 2 is 2.13 bits per heavy atom. The second-order valence-electron chi connectivity index (χ2n) is 3.42. The lowest BCUT2D eigenvalue weighted by atomic mass is 10.2. The number of rotatable bonds is 5. The maximum absolute atomic E-state index is 8.86. The lowest BCUT2D eigenvalue weighted by Gasteiger charge is -2.11. The van der Waals surface area contributed by atoms with Crippen LogP contribution in [0.3, 0.4) is 0 Å². The SMILES string of the molecule is CNc1cc(NCC(C)CO)nc(N)n1. The lowest BCUT2D eigenvalue weighted by Crippen LogP contribution is -2.16. The van der Waals surface area contributed by atoms with Crippen LogP contribution in [0.4, 0.5) is 17.6 Å². The molecule has 0 aliphatic heterocycles. The van der Waals surface area contributed by atoms with Crippen molar-refractivity contribution in [2.45, 2.75) is 6.92 Å². The van der Waals surface area contributed by atoms with Crippen LogP contribution in [0.2, 0.25) is 0 Å². The summed E-state index contributed by atoms with van der Waals surface area (Å²) >= 11 is 0. The maximum Gasteiger partial charge on any atom is 0.223 e. The van der Waals surface area contributed by atoms with Crippen molar-refractivity contribution in [2.24, 2.45) is 5.92 Å². The van der Waals surface area contributed by atoms with Crippen molar-refractivity contribution in [3.63, 3.8) is 0 Å². The normalized spacial score (nSPS) is 12.2. The van der Waals surface area contributed by atoms with Crippen molar-refractivity contribution in [1.82, 2.24) is 9.97 Å². The Hall–Kier alpha value is -1.56. The molecule has 1 unspecified atom stereocenters. The summed E-state index contributed by atoms with van der Waals surface area (Å²) in [5.41, 5.74) is 5.52. The van der Waals surface area contributed by atoms with E-state index in [0.717, 1.165) is 0 Å². The minimum absolute atomic E-state index is 0.145. The summed E-state index contributed by atoms with van der Waals surface area (Å²) in [5, 5.41) is 14.8. The fourth-order valence-corrected chi connectivity index (χ4v) is 1.03. The summed E-state index contributed by atoms with van der Waals surface area (Å²) in [5.74, 6) is 1.73. The van der Waals surface area contributed by atoms with Crippen LogP contribution >= 0.6 is 0 Å². The van der Waals surface area contributed by atoms with Crippen molar-refractivity contribution in [3.8, 4) is 0 Å². The average molecular weight is 211 g/mol. The van der Waals surface area contributed by atoms with Gasteiger partial charge in [0, 0.05) is 26.3 Å². The zero-order valence-corrected chi connectivity index (χ0v) is 8.99. The number of nitrogens with one attached hydrogen (secondary N) is 2. The van der Waals surface area contributed by atoms with Crippen molar-refractivity contribution < 1.29 is 5.11 Å². The third-order valence-electron chi connectivity index (χ3n) is 1.94. The Kier molecular flexibility index (Phi) is 4.11. The molecule has 6 heteroatoms. The number of aromatic nitrogens is 2. The molecule has 0 aromatic carbocycles. The highest BCUT2D eigenvalue weighted by molar-refractivity contribution is 5.50. The highest BCUT2D eigenvalue weighted by Crippen LogP contribution is 2.11. The van der Waals surface area contributed by atoms with Gasteiger partial charge in [0.05, 0.1) is 0 Å². The van der Waals surface area contributed by atoms with Crippen molar-refractivity contribution in [1.29, 1.82) is 0 Å². The lowest BCUT2D eigenvalue weighted by molar-refractivity contribution is 0.244. The van der Waals surface area contributed by atoms with Crippen LogP contribution in [0.15, 0.2) is 6.07 Å². The van der Waals surface area contributed by atoms with Crippen molar-refractivity contribution in [3.05, 3.63) is 6.07 Å². The molecule has 5 N–H and O–H groups in total. The number of aliphatic hydroxyl groups excluding tert-OH is 1. The quantitative estimate of drug-likeness (QED) is 0.553. The number of anilines is 3. The first-order valence-electron chi connectivity index (χ1n) is 4.82. The van der Waals surface area contributed by atoms with Crippen LogP contribution in [0, 0.1) is 5.92 Å².